The van der Waals surface area contributed by atoms with Crippen molar-refractivity contribution in [3.8, 4) is 0 Å². The first-order chi connectivity index (χ1) is 11.1. The lowest BCUT2D eigenvalue weighted by molar-refractivity contribution is 0.345. The van der Waals surface area contributed by atoms with Crippen molar-refractivity contribution in [3.05, 3.63) is 53.8 Å². The van der Waals surface area contributed by atoms with E-state index in [1.165, 1.54) is 11.6 Å². The Kier molecular flexibility index (Phi) is 5.95. The van der Waals surface area contributed by atoms with E-state index in [2.05, 4.69) is 94.8 Å². The molecule has 1 aromatic carbocycles. The molecule has 0 heterocycles. The molecule has 0 N–H and O–H groups in total. The van der Waals surface area contributed by atoms with Crippen LogP contribution in [-0.4, -0.2) is 30.1 Å². The van der Waals surface area contributed by atoms with E-state index in [1.807, 2.05) is 0 Å². The Bertz CT molecular complexity index is 608. The van der Waals surface area contributed by atoms with Crippen LogP contribution in [0.3, 0.4) is 0 Å². The summed E-state index contributed by atoms with van der Waals surface area (Å²) in [6.07, 6.45) is 8.29. The van der Waals surface area contributed by atoms with Crippen LogP contribution >= 0.6 is 0 Å². The maximum atomic E-state index is 6.87. The zero-order chi connectivity index (χ0) is 18.0. The van der Waals surface area contributed by atoms with Gasteiger partial charge >= 0.3 is 0 Å². The molecule has 24 heavy (non-hydrogen) atoms. The third kappa shape index (κ3) is 3.62. The van der Waals surface area contributed by atoms with Gasteiger partial charge in [0.05, 0.1) is 15.7 Å². The fourth-order valence-corrected chi connectivity index (χ4v) is 21.4. The molecule has 0 amide bonds. The van der Waals surface area contributed by atoms with Gasteiger partial charge in [-0.3, -0.25) is 0 Å². The molecule has 1 aromatic rings. The normalized spacial score (nSPS) is 21.3. The van der Waals surface area contributed by atoms with E-state index in [0.29, 0.717) is 5.54 Å². The van der Waals surface area contributed by atoms with Crippen LogP contribution in [0.2, 0.25) is 44.8 Å². The lowest BCUT2D eigenvalue weighted by atomic mass is 10.2. The molecule has 0 fully saturated rings. The summed E-state index contributed by atoms with van der Waals surface area (Å²) in [5, 5.41) is 3.16. The molecule has 1 aliphatic carbocycles. The van der Waals surface area contributed by atoms with Crippen LogP contribution in [0.4, 0.5) is 0 Å². The number of hydrogen-bond donors (Lipinski definition) is 0. The second-order valence-corrected chi connectivity index (χ2v) is 28.3. The van der Waals surface area contributed by atoms with Gasteiger partial charge in [-0.25, -0.2) is 0 Å². The van der Waals surface area contributed by atoms with E-state index >= 15 is 0 Å². The molecule has 1 aliphatic rings. The van der Waals surface area contributed by atoms with E-state index < -0.39 is 23.5 Å². The summed E-state index contributed by atoms with van der Waals surface area (Å²) in [6.45, 7) is 18.1. The Morgan fingerprint density at radius 2 is 1.62 bits per heavy atom. The minimum Gasteiger partial charge on any atom is -0.411 e. The fourth-order valence-electron chi connectivity index (χ4n) is 4.12. The number of allylic oxidation sites excluding steroid dienone is 4. The average molecular weight is 375 g/mol. The fraction of sp³-hybridized carbons (Fsp3) is 0.500. The summed E-state index contributed by atoms with van der Waals surface area (Å²) >= 11 is 0. The Morgan fingerprint density at radius 1 is 1.00 bits per heavy atom. The first-order valence-corrected chi connectivity index (χ1v) is 19.2. The van der Waals surface area contributed by atoms with Gasteiger partial charge in [-0.2, -0.15) is 0 Å². The van der Waals surface area contributed by atoms with Gasteiger partial charge in [0.2, 0.25) is 7.83 Å². The monoisotopic (exact) mass is 374 g/mol. The molecular weight excluding hydrogens is 340 g/mol. The topological polar surface area (TPSA) is 9.23 Å². The lowest BCUT2D eigenvalue weighted by Gasteiger charge is -2.48. The Labute approximate surface area is 151 Å². The molecule has 0 aromatic heterocycles. The minimum atomic E-state index is -2.16. The predicted molar refractivity (Wildman–Crippen MR) is 116 cm³/mol. The van der Waals surface area contributed by atoms with Crippen LogP contribution < -0.4 is 5.19 Å². The van der Waals surface area contributed by atoms with Crippen LogP contribution in [0.15, 0.2) is 53.8 Å². The predicted octanol–water partition coefficient (Wildman–Crippen LogP) is 5.43. The van der Waals surface area contributed by atoms with Crippen molar-refractivity contribution >= 4 is 28.7 Å². The second kappa shape index (κ2) is 7.28. The SMILES string of the molecule is CCO[Si](C1=CC=CCC1[Si](C)(C)C)(c1ccccc1)[Si](C)(C)C. The van der Waals surface area contributed by atoms with E-state index in [9.17, 15) is 0 Å². The van der Waals surface area contributed by atoms with E-state index in [0.717, 1.165) is 6.61 Å². The molecule has 132 valence electrons. The molecule has 0 saturated heterocycles. The molecule has 1 nitrogen and oxygen atoms in total. The third-order valence-electron chi connectivity index (χ3n) is 5.21. The third-order valence-corrected chi connectivity index (χ3v) is 21.9. The smallest absolute Gasteiger partial charge is 0.235 e. The van der Waals surface area contributed by atoms with Gasteiger partial charge in [0.15, 0.2) is 0 Å². The molecule has 0 radical (unpaired) electrons. The zero-order valence-corrected chi connectivity index (χ0v) is 19.5. The van der Waals surface area contributed by atoms with E-state index in [-0.39, 0.29) is 0 Å². The highest BCUT2D eigenvalue weighted by molar-refractivity contribution is 7.46. The average Bonchev–Trinajstić information content (AvgIpc) is 2.51. The molecule has 2 rings (SSSR count). The number of hydrogen-bond acceptors (Lipinski definition) is 1. The van der Waals surface area contributed by atoms with Crippen molar-refractivity contribution in [2.75, 3.05) is 6.61 Å². The molecule has 0 saturated carbocycles. The molecule has 0 aliphatic heterocycles. The second-order valence-electron chi connectivity index (χ2n) is 8.93. The first-order valence-electron chi connectivity index (χ1n) is 9.21. The van der Waals surface area contributed by atoms with Crippen LogP contribution in [0.5, 0.6) is 0 Å². The standard InChI is InChI=1S/C20H34OSi3/c1-8-21-24(23(5,6)7,18-14-10-9-11-15-18)20-17-13-12-16-19(20)22(2,3)4/h9-15,17,19H,8,16H2,1-7H3. The van der Waals surface area contributed by atoms with Crippen LogP contribution in [-0.2, 0) is 4.43 Å². The molecule has 2 unspecified atom stereocenters. The number of rotatable bonds is 6. The molecule has 0 bridgehead atoms. The van der Waals surface area contributed by atoms with Crippen molar-refractivity contribution in [2.45, 2.75) is 58.2 Å². The van der Waals surface area contributed by atoms with Crippen LogP contribution in [0.1, 0.15) is 13.3 Å². The van der Waals surface area contributed by atoms with Gasteiger partial charge in [0.1, 0.15) is 0 Å². The van der Waals surface area contributed by atoms with Crippen molar-refractivity contribution in [1.29, 1.82) is 0 Å². The number of benzene rings is 1. The Hall–Kier alpha value is -0.689. The van der Waals surface area contributed by atoms with Gasteiger partial charge in [-0.1, -0.05) is 93.0 Å². The Balaban J connectivity index is 2.74. The van der Waals surface area contributed by atoms with Gasteiger partial charge in [0, 0.05) is 6.61 Å². The molecule has 0 spiro atoms. The quantitative estimate of drug-likeness (QED) is 0.604. The maximum absolute atomic E-state index is 6.87. The summed E-state index contributed by atoms with van der Waals surface area (Å²) in [5.74, 6) is 0. The lowest BCUT2D eigenvalue weighted by Crippen LogP contribution is -2.70. The molecule has 4 heteroatoms. The first kappa shape index (κ1) is 19.6. The molecular formula is C20H34OSi3. The highest BCUT2D eigenvalue weighted by Gasteiger charge is 2.55. The van der Waals surface area contributed by atoms with E-state index in [1.54, 1.807) is 5.20 Å². The zero-order valence-electron chi connectivity index (χ0n) is 16.5. The summed E-state index contributed by atoms with van der Waals surface area (Å²) in [5.41, 5.74) is 0.702. The highest BCUT2D eigenvalue weighted by Crippen LogP contribution is 2.43. The van der Waals surface area contributed by atoms with Crippen LogP contribution in [0, 0.1) is 0 Å². The van der Waals surface area contributed by atoms with Gasteiger partial charge in [0.25, 0.3) is 0 Å². The highest BCUT2D eigenvalue weighted by atomic mass is 29.3. The Morgan fingerprint density at radius 3 is 2.12 bits per heavy atom. The van der Waals surface area contributed by atoms with Gasteiger partial charge < -0.3 is 4.43 Å². The molecule has 2 atom stereocenters. The maximum Gasteiger partial charge on any atom is 0.235 e. The summed E-state index contributed by atoms with van der Waals surface area (Å²) in [7, 11) is -5.04. The van der Waals surface area contributed by atoms with Gasteiger partial charge in [-0.15, -0.1) is 0 Å². The summed E-state index contributed by atoms with van der Waals surface area (Å²) in [6, 6.07) is 11.2. The van der Waals surface area contributed by atoms with Crippen molar-refractivity contribution in [1.82, 2.24) is 0 Å². The van der Waals surface area contributed by atoms with Crippen molar-refractivity contribution in [2.24, 2.45) is 0 Å². The summed E-state index contributed by atoms with van der Waals surface area (Å²) < 4.78 is 6.87. The minimum absolute atomic E-state index is 0.702. The van der Waals surface area contributed by atoms with Crippen LogP contribution in [0.25, 0.3) is 0 Å². The summed E-state index contributed by atoms with van der Waals surface area (Å²) in [4.78, 5) is 0. The van der Waals surface area contributed by atoms with E-state index in [4.69, 9.17) is 4.43 Å². The van der Waals surface area contributed by atoms with Gasteiger partial charge in [-0.05, 0) is 24.1 Å². The largest absolute Gasteiger partial charge is 0.411 e. The van der Waals surface area contributed by atoms with Crippen molar-refractivity contribution in [3.63, 3.8) is 0 Å². The van der Waals surface area contributed by atoms with Crippen molar-refractivity contribution < 1.29 is 4.43 Å².